The fourth-order valence-corrected chi connectivity index (χ4v) is 2.92. The summed E-state index contributed by atoms with van der Waals surface area (Å²) in [6.07, 6.45) is -0.732. The van der Waals surface area contributed by atoms with Crippen LogP contribution in [0.1, 0.15) is 31.2 Å². The third-order valence-electron chi connectivity index (χ3n) is 3.55. The summed E-state index contributed by atoms with van der Waals surface area (Å²) in [5.41, 5.74) is 1.17. The van der Waals surface area contributed by atoms with Gasteiger partial charge in [0.05, 0.1) is 5.56 Å². The van der Waals surface area contributed by atoms with Crippen LogP contribution >= 0.6 is 27.5 Å². The van der Waals surface area contributed by atoms with E-state index < -0.39 is 12.2 Å². The average molecular weight is 438 g/mol. The molecule has 0 N–H and O–H groups in total. The quantitative estimate of drug-likeness (QED) is 0.531. The van der Waals surface area contributed by atoms with E-state index in [1.165, 1.54) is 18.9 Å². The van der Waals surface area contributed by atoms with Gasteiger partial charge >= 0.3 is 5.97 Å². The van der Waals surface area contributed by atoms with Gasteiger partial charge in [-0.05, 0) is 30.3 Å². The lowest BCUT2D eigenvalue weighted by atomic mass is 10.2. The van der Waals surface area contributed by atoms with E-state index >= 15 is 0 Å². The number of carbonyl (C=O) groups is 2. The van der Waals surface area contributed by atoms with Crippen LogP contribution in [0.15, 0.2) is 52.0 Å². The highest BCUT2D eigenvalue weighted by atomic mass is 79.9. The Balaban J connectivity index is 2.00. The maximum absolute atomic E-state index is 12.0. The molecule has 0 saturated heterocycles. The Morgan fingerprint density at radius 2 is 1.88 bits per heavy atom. The minimum absolute atomic E-state index is 0.178. The number of rotatable bonds is 3. The summed E-state index contributed by atoms with van der Waals surface area (Å²) in [7, 11) is 0. The highest BCUT2D eigenvalue weighted by Gasteiger charge is 2.34. The SMILES string of the molecule is CC(=O)Oc1ccc(Br)cc1C1=NN(C(C)=O)C(c2ccc(Cl)cc2)O1. The highest BCUT2D eigenvalue weighted by Crippen LogP contribution is 2.34. The van der Waals surface area contributed by atoms with Crippen LogP contribution in [0.25, 0.3) is 0 Å². The Morgan fingerprint density at radius 1 is 1.19 bits per heavy atom. The summed E-state index contributed by atoms with van der Waals surface area (Å²) in [6, 6.07) is 12.0. The van der Waals surface area contributed by atoms with Gasteiger partial charge in [-0.15, -0.1) is 5.10 Å². The Bertz CT molecular complexity index is 899. The second kappa shape index (κ2) is 7.47. The Labute approximate surface area is 163 Å². The Morgan fingerprint density at radius 3 is 2.50 bits per heavy atom. The Kier molecular flexibility index (Phi) is 5.29. The first-order chi connectivity index (χ1) is 12.3. The normalized spacial score (nSPS) is 16.1. The summed E-state index contributed by atoms with van der Waals surface area (Å²) in [5.74, 6) is -0.286. The largest absolute Gasteiger partial charge is 0.446 e. The van der Waals surface area contributed by atoms with Crippen LogP contribution in [0.5, 0.6) is 5.75 Å². The molecule has 1 heterocycles. The number of amides is 1. The smallest absolute Gasteiger partial charge is 0.308 e. The number of nitrogens with zero attached hydrogens (tertiary/aromatic N) is 2. The van der Waals surface area contributed by atoms with Crippen LogP contribution in [0, 0.1) is 0 Å². The van der Waals surface area contributed by atoms with Gasteiger partial charge in [-0.1, -0.05) is 39.7 Å². The maximum atomic E-state index is 12.0. The molecule has 0 aromatic heterocycles. The van der Waals surface area contributed by atoms with Crippen LogP contribution in [-0.4, -0.2) is 22.8 Å². The van der Waals surface area contributed by atoms with Gasteiger partial charge in [0, 0.05) is 28.9 Å². The number of hydrogen-bond acceptors (Lipinski definition) is 5. The summed E-state index contributed by atoms with van der Waals surface area (Å²) in [5, 5.41) is 6.09. The molecule has 1 atom stereocenters. The van der Waals surface area contributed by atoms with Crippen molar-refractivity contribution in [2.45, 2.75) is 20.1 Å². The van der Waals surface area contributed by atoms with Crippen LogP contribution in [0.2, 0.25) is 5.02 Å². The summed E-state index contributed by atoms with van der Waals surface area (Å²) in [4.78, 5) is 23.4. The zero-order chi connectivity index (χ0) is 18.8. The van der Waals surface area contributed by atoms with Crippen LogP contribution in [-0.2, 0) is 14.3 Å². The molecule has 8 heteroatoms. The monoisotopic (exact) mass is 436 g/mol. The second-order valence-electron chi connectivity index (χ2n) is 5.52. The number of ether oxygens (including phenoxy) is 2. The molecule has 0 bridgehead atoms. The van der Waals surface area contributed by atoms with E-state index in [0.29, 0.717) is 21.9 Å². The van der Waals surface area contributed by atoms with Gasteiger partial charge in [-0.25, -0.2) is 0 Å². The third kappa shape index (κ3) is 3.89. The topological polar surface area (TPSA) is 68.2 Å². The average Bonchev–Trinajstić information content (AvgIpc) is 3.02. The van der Waals surface area contributed by atoms with Crippen LogP contribution in [0.3, 0.4) is 0 Å². The molecule has 3 rings (SSSR count). The Hall–Kier alpha value is -2.38. The first-order valence-corrected chi connectivity index (χ1v) is 8.81. The molecule has 0 aliphatic carbocycles. The van der Waals surface area contributed by atoms with Crippen molar-refractivity contribution in [1.82, 2.24) is 5.01 Å². The van der Waals surface area contributed by atoms with E-state index in [0.717, 1.165) is 4.47 Å². The minimum Gasteiger partial charge on any atom is -0.446 e. The predicted molar refractivity (Wildman–Crippen MR) is 99.8 cm³/mol. The summed E-state index contributed by atoms with van der Waals surface area (Å²) in [6.45, 7) is 2.70. The lowest BCUT2D eigenvalue weighted by molar-refractivity contribution is -0.135. The molecule has 0 radical (unpaired) electrons. The fourth-order valence-electron chi connectivity index (χ4n) is 2.43. The molecule has 134 valence electrons. The summed E-state index contributed by atoms with van der Waals surface area (Å²) < 4.78 is 11.9. The van der Waals surface area contributed by atoms with Gasteiger partial charge in [0.1, 0.15) is 5.75 Å². The van der Waals surface area contributed by atoms with E-state index in [1.54, 1.807) is 42.5 Å². The number of esters is 1. The first kappa shape index (κ1) is 18.4. The van der Waals surface area contributed by atoms with Gasteiger partial charge in [0.25, 0.3) is 0 Å². The molecule has 1 aliphatic rings. The summed E-state index contributed by atoms with van der Waals surface area (Å²) >= 11 is 9.30. The van der Waals surface area contributed by atoms with Crippen molar-refractivity contribution in [3.05, 3.63) is 63.1 Å². The molecule has 6 nitrogen and oxygen atoms in total. The van der Waals surface area contributed by atoms with Crippen molar-refractivity contribution in [3.63, 3.8) is 0 Å². The van der Waals surface area contributed by atoms with Crippen molar-refractivity contribution in [2.75, 3.05) is 0 Å². The van der Waals surface area contributed by atoms with Crippen LogP contribution < -0.4 is 4.74 Å². The van der Waals surface area contributed by atoms with Crippen molar-refractivity contribution >= 4 is 45.3 Å². The van der Waals surface area contributed by atoms with Crippen molar-refractivity contribution < 1.29 is 19.1 Å². The minimum atomic E-state index is -0.732. The van der Waals surface area contributed by atoms with Gasteiger partial charge in [0.15, 0.2) is 0 Å². The molecule has 0 fully saturated rings. The van der Waals surface area contributed by atoms with Gasteiger partial charge in [-0.3, -0.25) is 9.59 Å². The number of hydrogen-bond donors (Lipinski definition) is 0. The van der Waals surface area contributed by atoms with Crippen molar-refractivity contribution in [3.8, 4) is 5.75 Å². The molecular weight excluding hydrogens is 424 g/mol. The molecule has 1 unspecified atom stereocenters. The lowest BCUT2D eigenvalue weighted by Gasteiger charge is -2.19. The number of carbonyl (C=O) groups excluding carboxylic acids is 2. The first-order valence-electron chi connectivity index (χ1n) is 7.64. The molecule has 0 spiro atoms. The van der Waals surface area contributed by atoms with E-state index in [-0.39, 0.29) is 11.8 Å². The lowest BCUT2D eigenvalue weighted by Crippen LogP contribution is -2.25. The van der Waals surface area contributed by atoms with Gasteiger partial charge in [-0.2, -0.15) is 5.01 Å². The molecule has 2 aromatic carbocycles. The zero-order valence-corrected chi connectivity index (χ0v) is 16.2. The maximum Gasteiger partial charge on any atom is 0.308 e. The van der Waals surface area contributed by atoms with E-state index in [1.807, 2.05) is 0 Å². The molecule has 0 saturated carbocycles. The van der Waals surface area contributed by atoms with Gasteiger partial charge in [0.2, 0.25) is 18.0 Å². The molecule has 26 heavy (non-hydrogen) atoms. The molecular formula is C18H14BrClN2O4. The predicted octanol–water partition coefficient (Wildman–Crippen LogP) is 4.27. The zero-order valence-electron chi connectivity index (χ0n) is 13.9. The van der Waals surface area contributed by atoms with E-state index in [2.05, 4.69) is 21.0 Å². The molecule has 1 amide bonds. The number of halogens is 2. The standard InChI is InChI=1S/C18H14BrClN2O4/c1-10(23)22-18(12-3-6-14(20)7-4-12)26-17(21-22)15-9-13(19)5-8-16(15)25-11(2)24/h3-9,18H,1-2H3. The van der Waals surface area contributed by atoms with E-state index in [9.17, 15) is 9.59 Å². The second-order valence-corrected chi connectivity index (χ2v) is 6.88. The van der Waals surface area contributed by atoms with Crippen LogP contribution in [0.4, 0.5) is 0 Å². The molecule has 2 aromatic rings. The van der Waals surface area contributed by atoms with Crippen molar-refractivity contribution in [2.24, 2.45) is 5.10 Å². The highest BCUT2D eigenvalue weighted by molar-refractivity contribution is 9.10. The fraction of sp³-hybridized carbons (Fsp3) is 0.167. The third-order valence-corrected chi connectivity index (χ3v) is 4.29. The number of benzene rings is 2. The van der Waals surface area contributed by atoms with Gasteiger partial charge < -0.3 is 9.47 Å². The van der Waals surface area contributed by atoms with Crippen molar-refractivity contribution in [1.29, 1.82) is 0 Å². The molecule has 1 aliphatic heterocycles. The number of hydrazone groups is 1. The van der Waals surface area contributed by atoms with E-state index in [4.69, 9.17) is 21.1 Å².